The molecule has 1 amide bonds. The van der Waals surface area contributed by atoms with Crippen molar-refractivity contribution in [1.29, 1.82) is 5.26 Å². The monoisotopic (exact) mass is 358 g/mol. The zero-order valence-electron chi connectivity index (χ0n) is 11.8. The Labute approximate surface area is 136 Å². The van der Waals surface area contributed by atoms with E-state index in [4.69, 9.17) is 0 Å². The highest BCUT2D eigenvalue weighted by molar-refractivity contribution is 7.16. The van der Waals surface area contributed by atoms with E-state index in [0.717, 1.165) is 28.2 Å². The molecule has 1 aromatic heterocycles. The number of benzene rings is 1. The number of halogens is 5. The van der Waals surface area contributed by atoms with Gasteiger partial charge < -0.3 is 5.32 Å². The number of nitrogens with zero attached hydrogens (tertiary/aromatic N) is 1. The molecule has 0 spiro atoms. The fourth-order valence-electron chi connectivity index (χ4n) is 2.58. The lowest BCUT2D eigenvalue weighted by Gasteiger charge is -2.08. The van der Waals surface area contributed by atoms with E-state index in [1.54, 1.807) is 0 Å². The molecule has 1 N–H and O–H groups in total. The number of nitriles is 1. The van der Waals surface area contributed by atoms with Crippen molar-refractivity contribution in [2.45, 2.75) is 19.3 Å². The molecule has 1 aromatic carbocycles. The maximum atomic E-state index is 13.7. The topological polar surface area (TPSA) is 52.9 Å². The van der Waals surface area contributed by atoms with E-state index >= 15 is 0 Å². The normalized spacial score (nSPS) is 12.8. The first kappa shape index (κ1) is 16.4. The zero-order chi connectivity index (χ0) is 17.6. The molecule has 0 saturated carbocycles. The maximum absolute atomic E-state index is 13.7. The number of rotatable bonds is 2. The first-order valence-electron chi connectivity index (χ1n) is 6.74. The third-order valence-corrected chi connectivity index (χ3v) is 4.90. The summed E-state index contributed by atoms with van der Waals surface area (Å²) in [4.78, 5) is 12.9. The SMILES string of the molecule is N#Cc1c(NC(=O)c2c(F)c(F)c(F)c(F)c2F)sc2c1CCC2. The largest absolute Gasteiger partial charge is 0.312 e. The fraction of sp³-hybridized carbons (Fsp3) is 0.200. The molecule has 24 heavy (non-hydrogen) atoms. The van der Waals surface area contributed by atoms with Crippen LogP contribution in [0.3, 0.4) is 0 Å². The number of anilines is 1. The highest BCUT2D eigenvalue weighted by Crippen LogP contribution is 2.39. The fourth-order valence-corrected chi connectivity index (χ4v) is 3.82. The lowest BCUT2D eigenvalue weighted by molar-refractivity contribution is 0.101. The predicted octanol–water partition coefficient (Wildman–Crippen LogP) is 4.06. The van der Waals surface area contributed by atoms with Gasteiger partial charge in [-0.25, -0.2) is 22.0 Å². The first-order valence-corrected chi connectivity index (χ1v) is 7.55. The van der Waals surface area contributed by atoms with Crippen LogP contribution in [-0.4, -0.2) is 5.91 Å². The van der Waals surface area contributed by atoms with Crippen LogP contribution >= 0.6 is 11.3 Å². The summed E-state index contributed by atoms with van der Waals surface area (Å²) in [6.07, 6.45) is 2.18. The van der Waals surface area contributed by atoms with Gasteiger partial charge >= 0.3 is 0 Å². The van der Waals surface area contributed by atoms with Gasteiger partial charge in [-0.1, -0.05) is 0 Å². The van der Waals surface area contributed by atoms with Crippen molar-refractivity contribution in [2.75, 3.05) is 5.32 Å². The molecular weight excluding hydrogens is 351 g/mol. The molecular formula is C15H7F5N2OS. The van der Waals surface area contributed by atoms with E-state index in [-0.39, 0.29) is 10.6 Å². The number of nitrogens with one attached hydrogen (secondary N) is 1. The molecule has 2 aromatic rings. The summed E-state index contributed by atoms with van der Waals surface area (Å²) in [6.45, 7) is 0. The molecule has 1 aliphatic carbocycles. The van der Waals surface area contributed by atoms with Crippen LogP contribution in [-0.2, 0) is 12.8 Å². The highest BCUT2D eigenvalue weighted by Gasteiger charge is 2.31. The number of hydrogen-bond acceptors (Lipinski definition) is 3. The van der Waals surface area contributed by atoms with Gasteiger partial charge in [0, 0.05) is 4.88 Å². The molecule has 0 aliphatic heterocycles. The van der Waals surface area contributed by atoms with Crippen molar-refractivity contribution in [1.82, 2.24) is 0 Å². The van der Waals surface area contributed by atoms with Gasteiger partial charge in [-0.3, -0.25) is 4.79 Å². The average Bonchev–Trinajstić information content (AvgIpc) is 3.11. The van der Waals surface area contributed by atoms with Gasteiger partial charge in [0.2, 0.25) is 5.82 Å². The van der Waals surface area contributed by atoms with Crippen molar-refractivity contribution in [2.24, 2.45) is 0 Å². The van der Waals surface area contributed by atoms with Crippen LogP contribution in [0.4, 0.5) is 27.0 Å². The van der Waals surface area contributed by atoms with Gasteiger partial charge in [0.25, 0.3) is 5.91 Å². The standard InChI is InChI=1S/C15H7F5N2OS/c16-9-8(10(17)12(19)13(20)11(9)18)14(23)22-15-6(4-21)5-2-1-3-7(5)24-15/h1-3H2,(H,22,23). The van der Waals surface area contributed by atoms with Gasteiger partial charge in [0.15, 0.2) is 23.3 Å². The number of fused-ring (bicyclic) bond motifs is 1. The van der Waals surface area contributed by atoms with Crippen LogP contribution in [0.15, 0.2) is 0 Å². The Morgan fingerprint density at radius 3 is 2.17 bits per heavy atom. The molecule has 0 bridgehead atoms. The van der Waals surface area contributed by atoms with Gasteiger partial charge in [-0.2, -0.15) is 5.26 Å². The predicted molar refractivity (Wildman–Crippen MR) is 75.2 cm³/mol. The third kappa shape index (κ3) is 2.34. The van der Waals surface area contributed by atoms with Crippen molar-refractivity contribution in [3.05, 3.63) is 50.7 Å². The summed E-state index contributed by atoms with van der Waals surface area (Å²) in [5.41, 5.74) is -0.677. The Kier molecular flexibility index (Phi) is 4.01. The van der Waals surface area contributed by atoms with Crippen molar-refractivity contribution in [3.8, 4) is 6.07 Å². The Morgan fingerprint density at radius 2 is 1.58 bits per heavy atom. The molecule has 124 valence electrons. The van der Waals surface area contributed by atoms with E-state index in [0.29, 0.717) is 12.8 Å². The number of aryl methyl sites for hydroxylation is 1. The van der Waals surface area contributed by atoms with Crippen molar-refractivity contribution >= 4 is 22.2 Å². The first-order chi connectivity index (χ1) is 11.4. The summed E-state index contributed by atoms with van der Waals surface area (Å²) >= 11 is 1.06. The smallest absolute Gasteiger partial charge is 0.262 e. The summed E-state index contributed by atoms with van der Waals surface area (Å²) in [5, 5.41) is 11.3. The van der Waals surface area contributed by atoms with Gasteiger partial charge in [-0.05, 0) is 24.8 Å². The number of hydrogen-bond donors (Lipinski definition) is 1. The van der Waals surface area contributed by atoms with Gasteiger partial charge in [0.1, 0.15) is 16.6 Å². The number of amides is 1. The maximum Gasteiger partial charge on any atom is 0.262 e. The molecule has 1 aliphatic rings. The van der Waals surface area contributed by atoms with Crippen LogP contribution in [0.2, 0.25) is 0 Å². The summed E-state index contributed by atoms with van der Waals surface area (Å²) < 4.78 is 66.7. The van der Waals surface area contributed by atoms with Crippen LogP contribution < -0.4 is 5.32 Å². The van der Waals surface area contributed by atoms with Gasteiger partial charge in [0.05, 0.1) is 5.56 Å². The Morgan fingerprint density at radius 1 is 1.00 bits per heavy atom. The highest BCUT2D eigenvalue weighted by atomic mass is 32.1. The number of thiophene rings is 1. The minimum atomic E-state index is -2.34. The van der Waals surface area contributed by atoms with Crippen LogP contribution in [0.5, 0.6) is 0 Å². The lowest BCUT2D eigenvalue weighted by Crippen LogP contribution is -2.19. The second-order valence-corrected chi connectivity index (χ2v) is 6.18. The molecule has 3 rings (SSSR count). The lowest BCUT2D eigenvalue weighted by atomic mass is 10.1. The van der Waals surface area contributed by atoms with E-state index in [9.17, 15) is 32.0 Å². The van der Waals surface area contributed by atoms with E-state index in [1.165, 1.54) is 0 Å². The Balaban J connectivity index is 2.03. The summed E-state index contributed by atoms with van der Waals surface area (Å²) in [5.74, 6) is -12.7. The molecule has 3 nitrogen and oxygen atoms in total. The molecule has 0 atom stereocenters. The van der Waals surface area contributed by atoms with Crippen LogP contribution in [0.25, 0.3) is 0 Å². The third-order valence-electron chi connectivity index (χ3n) is 3.70. The molecule has 0 radical (unpaired) electrons. The zero-order valence-corrected chi connectivity index (χ0v) is 12.6. The molecule has 9 heteroatoms. The van der Waals surface area contributed by atoms with Crippen LogP contribution in [0.1, 0.15) is 32.8 Å². The summed E-state index contributed by atoms with van der Waals surface area (Å²) in [6, 6.07) is 1.89. The number of carbonyl (C=O) groups excluding carboxylic acids is 1. The number of carbonyl (C=O) groups is 1. The molecule has 0 fully saturated rings. The quantitative estimate of drug-likeness (QED) is 0.500. The Bertz CT molecular complexity index is 887. The second-order valence-electron chi connectivity index (χ2n) is 5.07. The van der Waals surface area contributed by atoms with Crippen molar-refractivity contribution < 1.29 is 26.7 Å². The van der Waals surface area contributed by atoms with E-state index in [2.05, 4.69) is 5.32 Å². The van der Waals surface area contributed by atoms with Gasteiger partial charge in [-0.15, -0.1) is 11.3 Å². The van der Waals surface area contributed by atoms with Crippen LogP contribution in [0, 0.1) is 40.4 Å². The second kappa shape index (κ2) is 5.87. The van der Waals surface area contributed by atoms with Crippen molar-refractivity contribution in [3.63, 3.8) is 0 Å². The Hall–Kier alpha value is -2.47. The van der Waals surface area contributed by atoms with E-state index < -0.39 is 40.6 Å². The van der Waals surface area contributed by atoms with E-state index in [1.807, 2.05) is 6.07 Å². The molecule has 0 saturated heterocycles. The summed E-state index contributed by atoms with van der Waals surface area (Å²) in [7, 11) is 0. The molecule has 0 unspecified atom stereocenters. The molecule has 1 heterocycles. The average molecular weight is 358 g/mol. The minimum Gasteiger partial charge on any atom is -0.312 e. The minimum absolute atomic E-state index is 0.0381.